The predicted molar refractivity (Wildman–Crippen MR) is 76.3 cm³/mol. The van der Waals surface area contributed by atoms with Crippen molar-refractivity contribution in [2.24, 2.45) is 0 Å². The van der Waals surface area contributed by atoms with Gasteiger partial charge in [-0.2, -0.15) is 0 Å². The highest BCUT2D eigenvalue weighted by atomic mass is 15.2. The minimum Gasteiger partial charge on any atom is -0.373 e. The quantitative estimate of drug-likeness (QED) is 0.767. The lowest BCUT2D eigenvalue weighted by atomic mass is 10.2. The van der Waals surface area contributed by atoms with E-state index in [0.717, 1.165) is 49.0 Å². The van der Waals surface area contributed by atoms with Crippen LogP contribution in [0.4, 0.5) is 5.82 Å². The van der Waals surface area contributed by atoms with Gasteiger partial charge in [0.05, 0.1) is 11.6 Å². The van der Waals surface area contributed by atoms with E-state index in [1.807, 2.05) is 19.2 Å². The molecule has 102 valence electrons. The van der Waals surface area contributed by atoms with E-state index < -0.39 is 0 Å². The lowest BCUT2D eigenvalue weighted by molar-refractivity contribution is 0.180. The van der Waals surface area contributed by atoms with Crippen LogP contribution < -0.4 is 10.6 Å². The van der Waals surface area contributed by atoms with E-state index in [1.54, 1.807) is 0 Å². The zero-order valence-electron chi connectivity index (χ0n) is 11.4. The second-order valence-corrected chi connectivity index (χ2v) is 4.90. The first-order valence-electron chi connectivity index (χ1n) is 6.77. The smallest absolute Gasteiger partial charge is 0.179 e. The lowest BCUT2D eigenvalue weighted by Gasteiger charge is -2.31. The molecule has 19 heavy (non-hydrogen) atoms. The number of fused-ring (bicyclic) bond motifs is 1. The normalized spacial score (nSPS) is 18.6. The number of hydrogen-bond acceptors (Lipinski definition) is 5. The Morgan fingerprint density at radius 3 is 2.79 bits per heavy atom. The zero-order valence-corrected chi connectivity index (χ0v) is 11.4. The summed E-state index contributed by atoms with van der Waals surface area (Å²) >= 11 is 0. The second kappa shape index (κ2) is 5.14. The first kappa shape index (κ1) is 12.4. The van der Waals surface area contributed by atoms with Crippen LogP contribution >= 0.6 is 0 Å². The Balaban J connectivity index is 1.87. The average molecular weight is 260 g/mol. The first-order chi connectivity index (χ1) is 9.28. The van der Waals surface area contributed by atoms with Crippen LogP contribution in [0.5, 0.6) is 0 Å². The van der Waals surface area contributed by atoms with E-state index in [9.17, 15) is 0 Å². The number of rotatable bonds is 3. The van der Waals surface area contributed by atoms with Crippen LogP contribution in [-0.2, 0) is 0 Å². The average Bonchev–Trinajstić information content (AvgIpc) is 2.90. The van der Waals surface area contributed by atoms with Gasteiger partial charge in [-0.3, -0.25) is 4.90 Å². The van der Waals surface area contributed by atoms with Crippen molar-refractivity contribution in [3.8, 4) is 0 Å². The number of anilines is 1. The number of piperazine rings is 1. The molecular weight excluding hydrogens is 240 g/mol. The van der Waals surface area contributed by atoms with Crippen LogP contribution in [0.1, 0.15) is 18.8 Å². The van der Waals surface area contributed by atoms with Gasteiger partial charge in [-0.15, -0.1) is 0 Å². The first-order valence-corrected chi connectivity index (χ1v) is 6.77. The molecule has 0 radical (unpaired) electrons. The number of nitrogens with one attached hydrogen (secondary N) is 3. The third kappa shape index (κ3) is 2.41. The van der Waals surface area contributed by atoms with Gasteiger partial charge >= 0.3 is 0 Å². The molecule has 0 saturated carbocycles. The van der Waals surface area contributed by atoms with Crippen LogP contribution in [0.2, 0.25) is 0 Å². The Hall–Kier alpha value is -1.66. The second-order valence-electron chi connectivity index (χ2n) is 4.90. The van der Waals surface area contributed by atoms with Gasteiger partial charge in [-0.1, -0.05) is 0 Å². The minimum absolute atomic E-state index is 0.300. The SMILES string of the molecule is CNc1ccc2[nH]c(C(C)N3CCNCC3)nc2n1. The molecule has 1 atom stereocenters. The standard InChI is InChI=1S/C13H20N6/c1-9(19-7-5-15-6-8-19)12-16-10-3-4-11(14-2)17-13(10)18-12/h3-4,9,15H,5-8H2,1-2H3,(H2,14,16,17,18). The van der Waals surface area contributed by atoms with Crippen molar-refractivity contribution in [1.82, 2.24) is 25.2 Å². The fourth-order valence-electron chi connectivity index (χ4n) is 2.49. The van der Waals surface area contributed by atoms with Gasteiger partial charge < -0.3 is 15.6 Å². The third-order valence-corrected chi connectivity index (χ3v) is 3.72. The van der Waals surface area contributed by atoms with Gasteiger partial charge in [0.2, 0.25) is 0 Å². The van der Waals surface area contributed by atoms with Crippen molar-refractivity contribution in [2.75, 3.05) is 38.5 Å². The third-order valence-electron chi connectivity index (χ3n) is 3.72. The molecule has 1 aliphatic rings. The van der Waals surface area contributed by atoms with Crippen LogP contribution in [0.15, 0.2) is 12.1 Å². The zero-order chi connectivity index (χ0) is 13.2. The monoisotopic (exact) mass is 260 g/mol. The van der Waals surface area contributed by atoms with Gasteiger partial charge in [-0.05, 0) is 19.1 Å². The van der Waals surface area contributed by atoms with E-state index >= 15 is 0 Å². The molecule has 2 aromatic rings. The van der Waals surface area contributed by atoms with Crippen molar-refractivity contribution >= 4 is 17.0 Å². The van der Waals surface area contributed by atoms with E-state index in [4.69, 9.17) is 0 Å². The molecule has 1 aliphatic heterocycles. The molecule has 0 aliphatic carbocycles. The highest BCUT2D eigenvalue weighted by Gasteiger charge is 2.20. The summed E-state index contributed by atoms with van der Waals surface area (Å²) in [7, 11) is 1.87. The van der Waals surface area contributed by atoms with Gasteiger partial charge in [0.15, 0.2) is 5.65 Å². The van der Waals surface area contributed by atoms with Crippen LogP contribution in [-0.4, -0.2) is 53.1 Å². The molecule has 3 N–H and O–H groups in total. The molecule has 6 heteroatoms. The summed E-state index contributed by atoms with van der Waals surface area (Å²) in [6.07, 6.45) is 0. The number of hydrogen-bond donors (Lipinski definition) is 3. The van der Waals surface area contributed by atoms with Crippen molar-refractivity contribution in [1.29, 1.82) is 0 Å². The summed E-state index contributed by atoms with van der Waals surface area (Å²) in [6.45, 7) is 6.42. The van der Waals surface area contributed by atoms with Gasteiger partial charge in [0.25, 0.3) is 0 Å². The van der Waals surface area contributed by atoms with Gasteiger partial charge in [0, 0.05) is 33.2 Å². The number of imidazole rings is 1. The summed E-state index contributed by atoms with van der Waals surface area (Å²) in [5, 5.41) is 6.41. The van der Waals surface area contributed by atoms with Crippen LogP contribution in [0.3, 0.4) is 0 Å². The van der Waals surface area contributed by atoms with Crippen molar-refractivity contribution < 1.29 is 0 Å². The number of pyridine rings is 1. The summed E-state index contributed by atoms with van der Waals surface area (Å²) in [6, 6.07) is 4.28. The van der Waals surface area contributed by atoms with Gasteiger partial charge in [0.1, 0.15) is 11.6 Å². The summed E-state index contributed by atoms with van der Waals surface area (Å²) in [5.41, 5.74) is 1.78. The number of nitrogens with zero attached hydrogens (tertiary/aromatic N) is 3. The minimum atomic E-state index is 0.300. The maximum absolute atomic E-state index is 4.63. The Morgan fingerprint density at radius 2 is 2.05 bits per heavy atom. The molecule has 0 bridgehead atoms. The highest BCUT2D eigenvalue weighted by Crippen LogP contribution is 2.21. The fraction of sp³-hybridized carbons (Fsp3) is 0.538. The molecule has 0 aromatic carbocycles. The van der Waals surface area contributed by atoms with Crippen molar-refractivity contribution in [3.05, 3.63) is 18.0 Å². The molecule has 2 aromatic heterocycles. The molecule has 3 heterocycles. The number of H-pyrrole nitrogens is 1. The van der Waals surface area contributed by atoms with E-state index in [2.05, 4.69) is 37.4 Å². The van der Waals surface area contributed by atoms with Crippen LogP contribution in [0.25, 0.3) is 11.2 Å². The number of aromatic amines is 1. The molecule has 6 nitrogen and oxygen atoms in total. The molecular formula is C13H20N6. The Kier molecular flexibility index (Phi) is 3.35. The fourth-order valence-corrected chi connectivity index (χ4v) is 2.49. The molecule has 1 saturated heterocycles. The summed E-state index contributed by atoms with van der Waals surface area (Å²) in [4.78, 5) is 14.9. The number of aromatic nitrogens is 3. The van der Waals surface area contributed by atoms with E-state index in [-0.39, 0.29) is 0 Å². The topological polar surface area (TPSA) is 68.9 Å². The van der Waals surface area contributed by atoms with Gasteiger partial charge in [-0.25, -0.2) is 9.97 Å². The molecule has 3 rings (SSSR count). The maximum Gasteiger partial charge on any atom is 0.179 e. The van der Waals surface area contributed by atoms with E-state index in [1.165, 1.54) is 0 Å². The Morgan fingerprint density at radius 1 is 1.26 bits per heavy atom. The summed E-state index contributed by atoms with van der Waals surface area (Å²) < 4.78 is 0. The molecule has 1 unspecified atom stereocenters. The van der Waals surface area contributed by atoms with Crippen LogP contribution in [0, 0.1) is 0 Å². The predicted octanol–water partition coefficient (Wildman–Crippen LogP) is 0.966. The molecule has 0 spiro atoms. The van der Waals surface area contributed by atoms with Crippen molar-refractivity contribution in [3.63, 3.8) is 0 Å². The Bertz CT molecular complexity index is 557. The molecule has 1 fully saturated rings. The van der Waals surface area contributed by atoms with Crippen molar-refractivity contribution in [2.45, 2.75) is 13.0 Å². The largest absolute Gasteiger partial charge is 0.373 e. The maximum atomic E-state index is 4.63. The summed E-state index contributed by atoms with van der Waals surface area (Å²) in [5.74, 6) is 1.85. The van der Waals surface area contributed by atoms with E-state index in [0.29, 0.717) is 6.04 Å². The Labute approximate surface area is 112 Å². The molecule has 0 amide bonds. The lowest BCUT2D eigenvalue weighted by Crippen LogP contribution is -2.44. The highest BCUT2D eigenvalue weighted by molar-refractivity contribution is 5.72.